The smallest absolute Gasteiger partial charge is 0.209 e. The molecule has 3 aromatic rings. The van der Waals surface area contributed by atoms with Gasteiger partial charge in [-0.15, -0.1) is 0 Å². The first-order chi connectivity index (χ1) is 11.5. The fraction of sp³-hybridized carbons (Fsp3) is 0. The number of guanidine groups is 1. The predicted octanol–water partition coefficient (Wildman–Crippen LogP) is 6.03. The number of halogens is 2. The summed E-state index contributed by atoms with van der Waals surface area (Å²) in [5.74, 6) is 0.274. The van der Waals surface area contributed by atoms with Gasteiger partial charge in [-0.1, -0.05) is 23.2 Å². The van der Waals surface area contributed by atoms with Gasteiger partial charge in [-0.3, -0.25) is 4.90 Å². The molecular formula is C15H10Cl2N4S3. The summed E-state index contributed by atoms with van der Waals surface area (Å²) in [6.45, 7) is 0. The summed E-state index contributed by atoms with van der Waals surface area (Å²) in [6, 6.07) is 14.4. The fourth-order valence-electron chi connectivity index (χ4n) is 1.90. The van der Waals surface area contributed by atoms with Gasteiger partial charge in [0.2, 0.25) is 11.1 Å². The Bertz CT molecular complexity index is 917. The number of anilines is 2. The molecule has 1 aromatic heterocycles. The van der Waals surface area contributed by atoms with Crippen molar-refractivity contribution in [1.29, 1.82) is 0 Å². The zero-order valence-electron chi connectivity index (χ0n) is 12.0. The van der Waals surface area contributed by atoms with E-state index in [1.807, 2.05) is 12.1 Å². The van der Waals surface area contributed by atoms with Gasteiger partial charge < -0.3 is 5.73 Å². The number of rotatable bonds is 3. The van der Waals surface area contributed by atoms with E-state index < -0.39 is 0 Å². The number of nitrogens with zero attached hydrogens (tertiary/aromatic N) is 3. The summed E-state index contributed by atoms with van der Waals surface area (Å²) in [5, 5.41) is 1.93. The zero-order valence-corrected chi connectivity index (χ0v) is 16.0. The number of hydrogen-bond acceptors (Lipinski definition) is 5. The second-order valence-corrected chi connectivity index (χ2v) is 8.19. The molecule has 4 nitrogen and oxygen atoms in total. The molecule has 2 N–H and O–H groups in total. The highest BCUT2D eigenvalue weighted by Gasteiger charge is 2.17. The van der Waals surface area contributed by atoms with Gasteiger partial charge in [0.25, 0.3) is 0 Å². The largest absolute Gasteiger partial charge is 0.369 e. The topological polar surface area (TPSA) is 54.5 Å². The van der Waals surface area contributed by atoms with E-state index in [4.69, 9.17) is 41.2 Å². The minimum absolute atomic E-state index is 0.274. The summed E-state index contributed by atoms with van der Waals surface area (Å²) < 4.78 is 0.549. The van der Waals surface area contributed by atoms with Gasteiger partial charge in [0.1, 0.15) is 0 Å². The van der Waals surface area contributed by atoms with Crippen LogP contribution >= 0.6 is 56.1 Å². The van der Waals surface area contributed by atoms with Gasteiger partial charge in [-0.25, -0.2) is 4.99 Å². The second-order valence-electron chi connectivity index (χ2n) is 4.59. The van der Waals surface area contributed by atoms with Crippen molar-refractivity contribution in [1.82, 2.24) is 4.98 Å². The molecule has 0 aliphatic rings. The van der Waals surface area contributed by atoms with Gasteiger partial charge in [-0.05, 0) is 81.4 Å². The Labute approximate surface area is 161 Å². The van der Waals surface area contributed by atoms with E-state index in [1.165, 1.54) is 20.7 Å². The lowest BCUT2D eigenvalue weighted by atomic mass is 10.3. The first kappa shape index (κ1) is 17.3. The Morgan fingerprint density at radius 2 is 1.58 bits per heavy atom. The molecule has 0 amide bonds. The van der Waals surface area contributed by atoms with Crippen LogP contribution in [-0.2, 0) is 0 Å². The van der Waals surface area contributed by atoms with Gasteiger partial charge in [-0.2, -0.15) is 4.98 Å². The predicted molar refractivity (Wildman–Crippen MR) is 107 cm³/mol. The molecule has 0 spiro atoms. The van der Waals surface area contributed by atoms with Gasteiger partial charge >= 0.3 is 0 Å². The maximum Gasteiger partial charge on any atom is 0.209 e. The SMILES string of the molecule is NC(=Nc1ccc(Cl)cc1)N(c1ccc(Cl)cc1)c1nc(=S)ss1. The van der Waals surface area contributed by atoms with Crippen molar-refractivity contribution in [3.63, 3.8) is 0 Å². The molecule has 0 saturated heterocycles. The van der Waals surface area contributed by atoms with Gasteiger partial charge in [0.05, 0.1) is 11.4 Å². The van der Waals surface area contributed by atoms with Crippen LogP contribution in [0.2, 0.25) is 10.0 Å². The standard InChI is InChI=1S/C15H10Cl2N4S3/c16-9-1-5-11(6-2-9)19-13(18)21(14-20-15(22)24-23-14)12-7-3-10(17)4-8-12/h1-8H,(H2,18,19). The highest BCUT2D eigenvalue weighted by atomic mass is 35.5. The number of aliphatic imine (C=N–C) groups is 1. The van der Waals surface area contributed by atoms with E-state index in [0.29, 0.717) is 24.8 Å². The van der Waals surface area contributed by atoms with Crippen LogP contribution in [0.25, 0.3) is 0 Å². The Balaban J connectivity index is 2.05. The minimum Gasteiger partial charge on any atom is -0.369 e. The monoisotopic (exact) mass is 412 g/mol. The normalized spacial score (nSPS) is 11.5. The summed E-state index contributed by atoms with van der Waals surface area (Å²) in [5.41, 5.74) is 7.73. The van der Waals surface area contributed by atoms with Crippen LogP contribution in [0.15, 0.2) is 53.5 Å². The lowest BCUT2D eigenvalue weighted by Crippen LogP contribution is -2.33. The Morgan fingerprint density at radius 3 is 2.12 bits per heavy atom. The third-order valence-electron chi connectivity index (χ3n) is 2.95. The molecule has 0 radical (unpaired) electrons. The van der Waals surface area contributed by atoms with E-state index >= 15 is 0 Å². The summed E-state index contributed by atoms with van der Waals surface area (Å²) in [7, 11) is 2.84. The molecule has 122 valence electrons. The lowest BCUT2D eigenvalue weighted by Gasteiger charge is -2.20. The minimum atomic E-state index is 0.274. The highest BCUT2D eigenvalue weighted by Crippen LogP contribution is 2.31. The number of aromatic nitrogens is 1. The summed E-state index contributed by atoms with van der Waals surface area (Å²) in [6.07, 6.45) is 0. The van der Waals surface area contributed by atoms with Crippen LogP contribution in [0.5, 0.6) is 0 Å². The molecule has 0 fully saturated rings. The average Bonchev–Trinajstić information content (AvgIpc) is 2.98. The molecule has 3 rings (SSSR count). The van der Waals surface area contributed by atoms with E-state index in [2.05, 4.69) is 9.98 Å². The summed E-state index contributed by atoms with van der Waals surface area (Å²) >= 11 is 17.0. The first-order valence-corrected chi connectivity index (χ1v) is 9.97. The Morgan fingerprint density at radius 1 is 1.00 bits per heavy atom. The Hall–Kier alpha value is -1.51. The average molecular weight is 413 g/mol. The number of hydrogen-bond donors (Lipinski definition) is 1. The Kier molecular flexibility index (Phi) is 5.47. The van der Waals surface area contributed by atoms with Crippen LogP contribution < -0.4 is 10.6 Å². The summed E-state index contributed by atoms with van der Waals surface area (Å²) in [4.78, 5) is 10.5. The molecular weight excluding hydrogens is 403 g/mol. The van der Waals surface area contributed by atoms with Crippen molar-refractivity contribution in [3.8, 4) is 0 Å². The van der Waals surface area contributed by atoms with E-state index in [9.17, 15) is 0 Å². The molecule has 24 heavy (non-hydrogen) atoms. The molecule has 0 aliphatic carbocycles. The number of nitrogens with two attached hydrogens (primary N) is 1. The van der Waals surface area contributed by atoms with Gasteiger partial charge in [0, 0.05) is 10.0 Å². The molecule has 0 unspecified atom stereocenters. The quantitative estimate of drug-likeness (QED) is 0.247. The van der Waals surface area contributed by atoms with E-state index in [-0.39, 0.29) is 5.96 Å². The highest BCUT2D eigenvalue weighted by molar-refractivity contribution is 7.80. The maximum absolute atomic E-state index is 6.25. The van der Waals surface area contributed by atoms with Crippen molar-refractivity contribution in [2.75, 3.05) is 4.90 Å². The van der Waals surface area contributed by atoms with Crippen molar-refractivity contribution in [2.24, 2.45) is 10.7 Å². The van der Waals surface area contributed by atoms with Crippen LogP contribution in [-0.4, -0.2) is 10.9 Å². The van der Waals surface area contributed by atoms with Gasteiger partial charge in [0.15, 0.2) is 3.95 Å². The van der Waals surface area contributed by atoms with Crippen molar-refractivity contribution < 1.29 is 0 Å². The molecule has 1 heterocycles. The van der Waals surface area contributed by atoms with Crippen molar-refractivity contribution in [2.45, 2.75) is 0 Å². The van der Waals surface area contributed by atoms with Crippen LogP contribution in [0.3, 0.4) is 0 Å². The molecule has 9 heteroatoms. The fourth-order valence-corrected chi connectivity index (χ4v) is 4.22. The molecule has 2 aromatic carbocycles. The maximum atomic E-state index is 6.25. The van der Waals surface area contributed by atoms with Crippen molar-refractivity contribution in [3.05, 3.63) is 62.5 Å². The number of benzene rings is 2. The zero-order chi connectivity index (χ0) is 17.1. The first-order valence-electron chi connectivity index (χ1n) is 6.65. The van der Waals surface area contributed by atoms with E-state index in [0.717, 1.165) is 5.69 Å². The molecule has 0 atom stereocenters. The van der Waals surface area contributed by atoms with Crippen LogP contribution in [0, 0.1) is 3.95 Å². The van der Waals surface area contributed by atoms with E-state index in [1.54, 1.807) is 41.3 Å². The molecule has 0 aliphatic heterocycles. The molecule has 0 saturated carbocycles. The third kappa shape index (κ3) is 4.12. The lowest BCUT2D eigenvalue weighted by molar-refractivity contribution is 1.23. The van der Waals surface area contributed by atoms with Crippen LogP contribution in [0.4, 0.5) is 16.5 Å². The van der Waals surface area contributed by atoms with Crippen LogP contribution in [0.1, 0.15) is 0 Å². The van der Waals surface area contributed by atoms with Crippen molar-refractivity contribution >= 4 is 78.6 Å². The second kappa shape index (κ2) is 7.58. The molecule has 0 bridgehead atoms. The third-order valence-corrected chi connectivity index (χ3v) is 6.02.